The second kappa shape index (κ2) is 13.1. The quantitative estimate of drug-likeness (QED) is 0.202. The van der Waals surface area contributed by atoms with Crippen LogP contribution in [0.4, 0.5) is 0 Å². The lowest BCUT2D eigenvalue weighted by Crippen LogP contribution is -2.48. The molecule has 1 atom stereocenters. The number of fused-ring (bicyclic) bond motifs is 1. The van der Waals surface area contributed by atoms with E-state index in [4.69, 9.17) is 4.98 Å². The van der Waals surface area contributed by atoms with Gasteiger partial charge in [-0.2, -0.15) is 0 Å². The van der Waals surface area contributed by atoms with Crippen LogP contribution in [0, 0.1) is 48.9 Å². The third-order valence-corrected chi connectivity index (χ3v) is 13.2. The number of carbonyl (C=O) groups excluding carboxylic acids is 2. The Morgan fingerprint density at radius 3 is 2.40 bits per heavy atom. The predicted molar refractivity (Wildman–Crippen MR) is 188 cm³/mol. The van der Waals surface area contributed by atoms with Gasteiger partial charge >= 0.3 is 0 Å². The minimum atomic E-state index is -0.188. The summed E-state index contributed by atoms with van der Waals surface area (Å²) in [4.78, 5) is 48.0. The number of hydrogen-bond acceptors (Lipinski definition) is 5. The zero-order valence-corrected chi connectivity index (χ0v) is 29.3. The summed E-state index contributed by atoms with van der Waals surface area (Å²) in [7, 11) is 0. The fourth-order valence-electron chi connectivity index (χ4n) is 10.6. The monoisotopic (exact) mass is 657 g/mol. The summed E-state index contributed by atoms with van der Waals surface area (Å²) in [6.07, 6.45) is 17.0. The molecule has 5 saturated carbocycles. The van der Waals surface area contributed by atoms with Crippen molar-refractivity contribution in [2.24, 2.45) is 35.0 Å². The number of aryl methyl sites for hydroxylation is 1. The molecule has 3 aromatic rings. The van der Waals surface area contributed by atoms with E-state index >= 15 is 0 Å². The highest BCUT2D eigenvalue weighted by molar-refractivity contribution is 7.98. The Morgan fingerprint density at radius 2 is 1.74 bits per heavy atom. The van der Waals surface area contributed by atoms with Crippen molar-refractivity contribution in [3.63, 3.8) is 0 Å². The lowest BCUT2D eigenvalue weighted by molar-refractivity contribution is -0.129. The number of H-pyrrole nitrogens is 1. The summed E-state index contributed by atoms with van der Waals surface area (Å²) < 4.78 is 2.26. The molecular weight excluding hydrogens is 607 g/mol. The Labute approximate surface area is 282 Å². The maximum Gasteiger partial charge on any atom is 0.254 e. The van der Waals surface area contributed by atoms with Crippen LogP contribution in [-0.4, -0.2) is 39.1 Å². The Morgan fingerprint density at radius 1 is 1.06 bits per heavy atom. The van der Waals surface area contributed by atoms with Crippen molar-refractivity contribution in [1.29, 1.82) is 0 Å². The molecule has 5 fully saturated rings. The van der Waals surface area contributed by atoms with Gasteiger partial charge in [0.1, 0.15) is 5.65 Å². The first kappa shape index (κ1) is 32.5. The van der Waals surface area contributed by atoms with Crippen LogP contribution in [0.3, 0.4) is 0 Å². The molecule has 252 valence electrons. The van der Waals surface area contributed by atoms with Gasteiger partial charge in [-0.05, 0) is 144 Å². The largest absolute Gasteiger partial charge is 0.356 e. The molecule has 0 spiro atoms. The molecule has 0 radical (unpaired) electrons. The third kappa shape index (κ3) is 6.41. The topological polar surface area (TPSA) is 109 Å². The summed E-state index contributed by atoms with van der Waals surface area (Å²) in [5.41, 5.74) is 3.88. The smallest absolute Gasteiger partial charge is 0.254 e. The van der Waals surface area contributed by atoms with Gasteiger partial charge < -0.3 is 20.2 Å². The van der Waals surface area contributed by atoms with Crippen LogP contribution >= 0.6 is 11.8 Å². The average molecular weight is 658 g/mol. The average Bonchev–Trinajstić information content (AvgIpc) is 3.33. The second-order valence-corrected chi connectivity index (χ2v) is 16.5. The van der Waals surface area contributed by atoms with Gasteiger partial charge in [0.05, 0.1) is 5.56 Å². The van der Waals surface area contributed by atoms with E-state index in [9.17, 15) is 14.4 Å². The summed E-state index contributed by atoms with van der Waals surface area (Å²) >= 11 is 1.51. The van der Waals surface area contributed by atoms with E-state index in [1.165, 1.54) is 50.3 Å². The van der Waals surface area contributed by atoms with E-state index in [2.05, 4.69) is 27.1 Å². The van der Waals surface area contributed by atoms with Crippen molar-refractivity contribution in [3.05, 3.63) is 57.3 Å². The van der Waals surface area contributed by atoms with E-state index in [-0.39, 0.29) is 30.0 Å². The van der Waals surface area contributed by atoms with Crippen molar-refractivity contribution in [2.45, 2.75) is 109 Å². The van der Waals surface area contributed by atoms with Crippen LogP contribution in [0.5, 0.6) is 0 Å². The van der Waals surface area contributed by atoms with Crippen molar-refractivity contribution in [1.82, 2.24) is 25.2 Å². The lowest BCUT2D eigenvalue weighted by Gasteiger charge is -2.56. The number of amides is 2. The summed E-state index contributed by atoms with van der Waals surface area (Å²) in [5, 5.41) is 7.25. The molecule has 0 aromatic carbocycles. The Bertz CT molecular complexity index is 1680. The van der Waals surface area contributed by atoms with E-state index in [1.807, 2.05) is 38.3 Å². The molecule has 4 bridgehead atoms. The van der Waals surface area contributed by atoms with Gasteiger partial charge in [-0.15, -0.1) is 11.8 Å². The van der Waals surface area contributed by atoms with Gasteiger partial charge in [0, 0.05) is 59.0 Å². The van der Waals surface area contributed by atoms with Gasteiger partial charge in [-0.3, -0.25) is 14.4 Å². The van der Waals surface area contributed by atoms with Crippen LogP contribution in [0.25, 0.3) is 11.0 Å². The SMILES string of the molecule is CSc1cc(C)[nH]c(=O)c1CNC(=O)c1c(C)n([C@H](C)C2CCC(CNC(=O)CC34CC5CC(CC(C5)C3)C4)CC2)c2ncccc12. The molecule has 2 amide bonds. The molecule has 0 unspecified atom stereocenters. The number of carbonyl (C=O) groups is 2. The first-order valence-electron chi connectivity index (χ1n) is 17.9. The fraction of sp³-hybridized carbons (Fsp3) is 0.632. The summed E-state index contributed by atoms with van der Waals surface area (Å²) in [6, 6.07) is 5.99. The van der Waals surface area contributed by atoms with Gasteiger partial charge in [0.15, 0.2) is 0 Å². The van der Waals surface area contributed by atoms with E-state index in [1.54, 1.807) is 6.20 Å². The number of thioether (sulfide) groups is 1. The molecule has 9 heteroatoms. The number of pyridine rings is 2. The number of aromatic nitrogens is 3. The van der Waals surface area contributed by atoms with Crippen molar-refractivity contribution < 1.29 is 9.59 Å². The van der Waals surface area contributed by atoms with Crippen LogP contribution in [-0.2, 0) is 11.3 Å². The van der Waals surface area contributed by atoms with E-state index in [0.29, 0.717) is 28.4 Å². The summed E-state index contributed by atoms with van der Waals surface area (Å²) in [6.45, 7) is 7.10. The molecule has 0 saturated heterocycles. The molecule has 3 heterocycles. The maximum atomic E-state index is 13.7. The highest BCUT2D eigenvalue weighted by Crippen LogP contribution is 2.61. The molecule has 5 aliphatic rings. The zero-order valence-electron chi connectivity index (χ0n) is 28.5. The molecule has 0 aliphatic heterocycles. The van der Waals surface area contributed by atoms with Crippen LogP contribution in [0.1, 0.15) is 111 Å². The first-order valence-corrected chi connectivity index (χ1v) is 19.1. The fourth-order valence-corrected chi connectivity index (χ4v) is 11.3. The Kier molecular flexibility index (Phi) is 9.05. The predicted octanol–water partition coefficient (Wildman–Crippen LogP) is 7.08. The molecule has 3 aromatic heterocycles. The molecule has 8 rings (SSSR count). The maximum absolute atomic E-state index is 13.7. The van der Waals surface area contributed by atoms with Gasteiger partial charge in [0.25, 0.3) is 11.5 Å². The highest BCUT2D eigenvalue weighted by atomic mass is 32.2. The lowest BCUT2D eigenvalue weighted by atomic mass is 9.49. The number of hydrogen-bond donors (Lipinski definition) is 3. The first-order chi connectivity index (χ1) is 22.6. The Balaban J connectivity index is 0.974. The van der Waals surface area contributed by atoms with Crippen LogP contribution in [0.2, 0.25) is 0 Å². The zero-order chi connectivity index (χ0) is 32.9. The molecule has 5 aliphatic carbocycles. The van der Waals surface area contributed by atoms with Crippen molar-refractivity contribution in [3.8, 4) is 0 Å². The minimum absolute atomic E-state index is 0.162. The van der Waals surface area contributed by atoms with Crippen LogP contribution in [0.15, 0.2) is 34.1 Å². The number of nitrogens with one attached hydrogen (secondary N) is 3. The molecule has 8 nitrogen and oxygen atoms in total. The molecule has 47 heavy (non-hydrogen) atoms. The van der Waals surface area contributed by atoms with Crippen molar-refractivity contribution in [2.75, 3.05) is 12.8 Å². The Hall–Kier alpha value is -3.07. The number of aromatic amines is 1. The van der Waals surface area contributed by atoms with Crippen LogP contribution < -0.4 is 16.2 Å². The third-order valence-electron chi connectivity index (χ3n) is 12.4. The van der Waals surface area contributed by atoms with E-state index in [0.717, 1.165) is 83.7 Å². The second-order valence-electron chi connectivity index (χ2n) is 15.6. The molecular formula is C38H51N5O3S. The van der Waals surface area contributed by atoms with Gasteiger partial charge in [-0.1, -0.05) is 0 Å². The standard InChI is InChI=1S/C38H51N5O3S/c1-22-12-32(47-4)31(36(45)42-22)21-41-37(46)34-24(3)43(35-30(34)6-5-11-39-35)23(2)29-9-7-25(8-10-29)20-40-33(44)19-38-16-26-13-27(17-38)15-28(14-26)18-38/h5-6,11-12,23,25-29H,7-10,13-21H2,1-4H3,(H,40,44)(H,41,46)(H,42,45)/t23-,25?,26?,27?,28?,29?,38?/m1/s1. The summed E-state index contributed by atoms with van der Waals surface area (Å²) in [5.74, 6) is 3.73. The van der Waals surface area contributed by atoms with Gasteiger partial charge in [0.2, 0.25) is 5.91 Å². The highest BCUT2D eigenvalue weighted by Gasteiger charge is 2.51. The van der Waals surface area contributed by atoms with E-state index < -0.39 is 0 Å². The normalized spacial score (nSPS) is 28.8. The number of rotatable bonds is 10. The van der Waals surface area contributed by atoms with Gasteiger partial charge in [-0.25, -0.2) is 4.98 Å². The minimum Gasteiger partial charge on any atom is -0.356 e. The number of nitrogens with zero attached hydrogens (tertiary/aromatic N) is 2. The molecule has 3 N–H and O–H groups in total. The van der Waals surface area contributed by atoms with Crippen molar-refractivity contribution >= 4 is 34.6 Å².